The molecule has 118 valence electrons. The second kappa shape index (κ2) is 8.41. The first-order valence-electron chi connectivity index (χ1n) is 7.91. The summed E-state index contributed by atoms with van der Waals surface area (Å²) in [7, 11) is 0. The van der Waals surface area contributed by atoms with E-state index in [1.54, 1.807) is 6.07 Å². The number of piperidine rings is 1. The fourth-order valence-electron chi connectivity index (χ4n) is 2.90. The van der Waals surface area contributed by atoms with Gasteiger partial charge in [-0.3, -0.25) is 4.98 Å². The highest BCUT2D eigenvalue weighted by molar-refractivity contribution is 5.10. The van der Waals surface area contributed by atoms with Crippen LogP contribution in [0.2, 0.25) is 0 Å². The number of aliphatic hydroxyl groups excluding tert-OH is 1. The molecule has 1 aromatic heterocycles. The summed E-state index contributed by atoms with van der Waals surface area (Å²) in [6.07, 6.45) is 4.41. The van der Waals surface area contributed by atoms with E-state index in [2.05, 4.69) is 22.1 Å². The molecule has 1 saturated heterocycles. The van der Waals surface area contributed by atoms with Crippen molar-refractivity contribution in [3.8, 4) is 0 Å². The van der Waals surface area contributed by atoms with Crippen LogP contribution in [-0.4, -0.2) is 47.8 Å². The van der Waals surface area contributed by atoms with Gasteiger partial charge in [-0.2, -0.15) is 0 Å². The zero-order chi connectivity index (χ0) is 15.1. The molecule has 1 aromatic rings. The maximum absolute atomic E-state index is 13.0. The summed E-state index contributed by atoms with van der Waals surface area (Å²) in [5.74, 6) is 0.185. The number of nitrogens with one attached hydrogen (secondary N) is 1. The number of hydrogen-bond acceptors (Lipinski definition) is 4. The maximum Gasteiger partial charge on any atom is 0.141 e. The fourth-order valence-corrected chi connectivity index (χ4v) is 2.90. The van der Waals surface area contributed by atoms with Crippen molar-refractivity contribution < 1.29 is 9.50 Å². The molecular weight excluding hydrogens is 269 g/mol. The number of aliphatic hydroxyl groups is 1. The minimum absolute atomic E-state index is 0.172. The predicted molar refractivity (Wildman–Crippen MR) is 81.5 cm³/mol. The molecule has 0 saturated carbocycles. The molecule has 2 heterocycles. The smallest absolute Gasteiger partial charge is 0.141 e. The van der Waals surface area contributed by atoms with Crippen LogP contribution in [-0.2, 0) is 0 Å². The average molecular weight is 295 g/mol. The van der Waals surface area contributed by atoms with Gasteiger partial charge in [-0.25, -0.2) is 4.39 Å². The molecule has 0 bridgehead atoms. The first kappa shape index (κ1) is 16.3. The zero-order valence-electron chi connectivity index (χ0n) is 12.8. The second-order valence-corrected chi connectivity index (χ2v) is 5.77. The number of hydrogen-bond donors (Lipinski definition) is 2. The summed E-state index contributed by atoms with van der Waals surface area (Å²) >= 11 is 0. The highest BCUT2D eigenvalue weighted by atomic mass is 19.1. The Balaban J connectivity index is 1.84. The van der Waals surface area contributed by atoms with Gasteiger partial charge in [0.15, 0.2) is 0 Å². The highest BCUT2D eigenvalue weighted by Gasteiger charge is 2.20. The minimum Gasteiger partial charge on any atom is -0.396 e. The van der Waals surface area contributed by atoms with Crippen molar-refractivity contribution >= 4 is 0 Å². The molecule has 5 heteroatoms. The van der Waals surface area contributed by atoms with Gasteiger partial charge in [-0.15, -0.1) is 0 Å². The average Bonchev–Trinajstić information content (AvgIpc) is 2.53. The molecule has 1 fully saturated rings. The molecule has 1 atom stereocenters. The summed E-state index contributed by atoms with van der Waals surface area (Å²) in [6.45, 7) is 6.38. The number of aromatic nitrogens is 1. The Labute approximate surface area is 126 Å². The van der Waals surface area contributed by atoms with Crippen LogP contribution in [0, 0.1) is 11.7 Å². The third-order valence-corrected chi connectivity index (χ3v) is 4.26. The van der Waals surface area contributed by atoms with Gasteiger partial charge in [0.1, 0.15) is 5.82 Å². The van der Waals surface area contributed by atoms with Gasteiger partial charge in [-0.05, 0) is 63.5 Å². The Kier molecular flexibility index (Phi) is 6.54. The largest absolute Gasteiger partial charge is 0.396 e. The Bertz CT molecular complexity index is 404. The van der Waals surface area contributed by atoms with E-state index >= 15 is 0 Å². The van der Waals surface area contributed by atoms with Crippen LogP contribution in [0.25, 0.3) is 0 Å². The first-order valence-corrected chi connectivity index (χ1v) is 7.91. The van der Waals surface area contributed by atoms with E-state index in [1.807, 2.05) is 0 Å². The molecule has 1 unspecified atom stereocenters. The molecule has 0 amide bonds. The molecule has 2 N–H and O–H groups in total. The van der Waals surface area contributed by atoms with E-state index in [0.717, 1.165) is 51.1 Å². The van der Waals surface area contributed by atoms with Crippen molar-refractivity contribution in [1.29, 1.82) is 0 Å². The predicted octanol–water partition coefficient (Wildman–Crippen LogP) is 1.97. The molecule has 1 aliphatic rings. The quantitative estimate of drug-likeness (QED) is 0.807. The monoisotopic (exact) mass is 295 g/mol. The van der Waals surface area contributed by atoms with Gasteiger partial charge in [0.05, 0.1) is 17.9 Å². The van der Waals surface area contributed by atoms with Gasteiger partial charge in [0.2, 0.25) is 0 Å². The SMILES string of the molecule is CCNC(CCN1CCC(CO)CC1)c1ccc(F)cn1. The number of likely N-dealkylation sites (tertiary alicyclic amines) is 1. The summed E-state index contributed by atoms with van der Waals surface area (Å²) in [5, 5.41) is 12.6. The third-order valence-electron chi connectivity index (χ3n) is 4.26. The molecule has 0 radical (unpaired) electrons. The van der Waals surface area contributed by atoms with Crippen molar-refractivity contribution in [2.24, 2.45) is 5.92 Å². The molecule has 0 aromatic carbocycles. The van der Waals surface area contributed by atoms with E-state index in [1.165, 1.54) is 12.3 Å². The van der Waals surface area contributed by atoms with Gasteiger partial charge >= 0.3 is 0 Å². The van der Waals surface area contributed by atoms with Crippen molar-refractivity contribution in [3.05, 3.63) is 29.8 Å². The molecule has 21 heavy (non-hydrogen) atoms. The van der Waals surface area contributed by atoms with Crippen LogP contribution in [0.15, 0.2) is 18.3 Å². The molecule has 2 rings (SSSR count). The third kappa shape index (κ3) is 5.02. The van der Waals surface area contributed by atoms with E-state index < -0.39 is 0 Å². The van der Waals surface area contributed by atoms with E-state index in [9.17, 15) is 4.39 Å². The zero-order valence-corrected chi connectivity index (χ0v) is 12.8. The topological polar surface area (TPSA) is 48.4 Å². The van der Waals surface area contributed by atoms with E-state index in [-0.39, 0.29) is 11.9 Å². The second-order valence-electron chi connectivity index (χ2n) is 5.77. The number of rotatable bonds is 7. The lowest BCUT2D eigenvalue weighted by atomic mass is 9.97. The first-order chi connectivity index (χ1) is 10.2. The molecule has 0 spiro atoms. The number of nitrogens with zero attached hydrogens (tertiary/aromatic N) is 2. The summed E-state index contributed by atoms with van der Waals surface area (Å²) in [5.41, 5.74) is 0.906. The lowest BCUT2D eigenvalue weighted by molar-refractivity contribution is 0.128. The Morgan fingerprint density at radius 3 is 2.76 bits per heavy atom. The Morgan fingerprint density at radius 2 is 2.19 bits per heavy atom. The Morgan fingerprint density at radius 1 is 1.43 bits per heavy atom. The highest BCUT2D eigenvalue weighted by Crippen LogP contribution is 2.19. The number of pyridine rings is 1. The van der Waals surface area contributed by atoms with Crippen LogP contribution >= 0.6 is 0 Å². The van der Waals surface area contributed by atoms with Crippen molar-refractivity contribution in [2.75, 3.05) is 32.8 Å². The van der Waals surface area contributed by atoms with Crippen molar-refractivity contribution in [2.45, 2.75) is 32.2 Å². The molecular formula is C16H26FN3O. The maximum atomic E-state index is 13.0. The van der Waals surface area contributed by atoms with Crippen LogP contribution in [0.5, 0.6) is 0 Å². The van der Waals surface area contributed by atoms with E-state index in [4.69, 9.17) is 5.11 Å². The van der Waals surface area contributed by atoms with Crippen LogP contribution in [0.1, 0.15) is 37.9 Å². The summed E-state index contributed by atoms with van der Waals surface area (Å²) in [6, 6.07) is 3.41. The summed E-state index contributed by atoms with van der Waals surface area (Å²) in [4.78, 5) is 6.64. The normalized spacial score (nSPS) is 18.8. The number of halogens is 1. The van der Waals surface area contributed by atoms with Gasteiger partial charge in [0.25, 0.3) is 0 Å². The Hall–Kier alpha value is -1.04. The fraction of sp³-hybridized carbons (Fsp3) is 0.688. The van der Waals surface area contributed by atoms with Gasteiger partial charge < -0.3 is 15.3 Å². The molecule has 1 aliphatic heterocycles. The van der Waals surface area contributed by atoms with Crippen LogP contribution in [0.4, 0.5) is 4.39 Å². The summed E-state index contributed by atoms with van der Waals surface area (Å²) < 4.78 is 13.0. The van der Waals surface area contributed by atoms with E-state index in [0.29, 0.717) is 12.5 Å². The minimum atomic E-state index is -0.292. The standard InChI is InChI=1S/C16H26FN3O/c1-2-18-16(15-4-3-14(17)11-19-15)7-10-20-8-5-13(12-21)6-9-20/h3-4,11,13,16,18,21H,2,5-10,12H2,1H3. The molecule has 4 nitrogen and oxygen atoms in total. The lowest BCUT2D eigenvalue weighted by Crippen LogP contribution is -2.37. The van der Waals surface area contributed by atoms with Crippen molar-refractivity contribution in [1.82, 2.24) is 15.2 Å². The van der Waals surface area contributed by atoms with Crippen LogP contribution < -0.4 is 5.32 Å². The van der Waals surface area contributed by atoms with Crippen molar-refractivity contribution in [3.63, 3.8) is 0 Å². The molecule has 0 aliphatic carbocycles. The van der Waals surface area contributed by atoms with Gasteiger partial charge in [-0.1, -0.05) is 6.92 Å². The lowest BCUT2D eigenvalue weighted by Gasteiger charge is -2.32. The van der Waals surface area contributed by atoms with Crippen LogP contribution in [0.3, 0.4) is 0 Å². The van der Waals surface area contributed by atoms with Gasteiger partial charge in [0, 0.05) is 6.61 Å².